The molecule has 144 valence electrons. The van der Waals surface area contributed by atoms with E-state index < -0.39 is 11.9 Å². The predicted octanol–water partition coefficient (Wildman–Crippen LogP) is 1.11. The number of nitrogens with one attached hydrogen (secondary N) is 1. The first-order valence-electron chi connectivity index (χ1n) is 8.84. The van der Waals surface area contributed by atoms with E-state index in [4.69, 9.17) is 23.1 Å². The van der Waals surface area contributed by atoms with Crippen molar-refractivity contribution in [2.75, 3.05) is 6.54 Å². The average molecular weight is 391 g/mol. The van der Waals surface area contributed by atoms with Gasteiger partial charge in [0.1, 0.15) is 5.15 Å². The van der Waals surface area contributed by atoms with Crippen LogP contribution in [0.3, 0.4) is 0 Å². The van der Waals surface area contributed by atoms with Crippen LogP contribution in [0.15, 0.2) is 18.3 Å². The van der Waals surface area contributed by atoms with Crippen LogP contribution in [0.25, 0.3) is 0 Å². The fourth-order valence-corrected chi connectivity index (χ4v) is 3.65. The number of primary amides is 1. The van der Waals surface area contributed by atoms with Gasteiger partial charge < -0.3 is 16.8 Å². The maximum atomic E-state index is 12.3. The lowest BCUT2D eigenvalue weighted by Crippen LogP contribution is -2.35. The van der Waals surface area contributed by atoms with E-state index in [2.05, 4.69) is 15.4 Å². The van der Waals surface area contributed by atoms with Gasteiger partial charge in [-0.2, -0.15) is 5.10 Å². The summed E-state index contributed by atoms with van der Waals surface area (Å²) < 4.78 is 1.81. The Bertz CT molecular complexity index is 845. The summed E-state index contributed by atoms with van der Waals surface area (Å²) in [6.45, 7) is 3.05. The predicted molar refractivity (Wildman–Crippen MR) is 101 cm³/mol. The quantitative estimate of drug-likeness (QED) is 0.636. The molecule has 5 N–H and O–H groups in total. The fourth-order valence-electron chi connectivity index (χ4n) is 3.39. The number of aromatic nitrogens is 3. The van der Waals surface area contributed by atoms with E-state index in [1.54, 1.807) is 6.07 Å². The Hall–Kier alpha value is -2.45. The molecule has 0 bridgehead atoms. The number of amides is 2. The van der Waals surface area contributed by atoms with Crippen LogP contribution in [0.5, 0.6) is 0 Å². The molecule has 2 atom stereocenters. The summed E-state index contributed by atoms with van der Waals surface area (Å²) in [7, 11) is 0. The minimum Gasteiger partial charge on any atom is -0.365 e. The van der Waals surface area contributed by atoms with E-state index in [-0.39, 0.29) is 18.2 Å². The summed E-state index contributed by atoms with van der Waals surface area (Å²) >= 11 is 5.95. The number of hydrogen-bond acceptors (Lipinski definition) is 5. The van der Waals surface area contributed by atoms with Crippen LogP contribution in [0.1, 0.15) is 46.2 Å². The number of nitrogens with two attached hydrogens (primary N) is 2. The Balaban J connectivity index is 1.53. The molecule has 0 saturated carbocycles. The molecule has 8 nitrogen and oxygen atoms in total. The number of halogens is 1. The highest BCUT2D eigenvalue weighted by Crippen LogP contribution is 2.23. The fraction of sp³-hybridized carbons (Fsp3) is 0.444. The summed E-state index contributed by atoms with van der Waals surface area (Å²) in [6, 6.07) is 3.07. The second-order valence-electron chi connectivity index (χ2n) is 6.93. The molecule has 0 aliphatic carbocycles. The molecule has 1 aliphatic heterocycles. The lowest BCUT2D eigenvalue weighted by molar-refractivity contribution is -0.121. The summed E-state index contributed by atoms with van der Waals surface area (Å²) in [4.78, 5) is 27.9. The van der Waals surface area contributed by atoms with Gasteiger partial charge in [-0.3, -0.25) is 14.3 Å². The Morgan fingerprint density at radius 1 is 1.44 bits per heavy atom. The molecule has 0 saturated heterocycles. The van der Waals surface area contributed by atoms with Crippen molar-refractivity contribution in [2.24, 2.45) is 17.4 Å². The van der Waals surface area contributed by atoms with Crippen molar-refractivity contribution in [1.82, 2.24) is 20.1 Å². The van der Waals surface area contributed by atoms with Crippen LogP contribution in [0.4, 0.5) is 0 Å². The molecule has 2 aromatic rings. The lowest BCUT2D eigenvalue weighted by Gasteiger charge is -2.24. The first-order chi connectivity index (χ1) is 12.8. The Labute approximate surface area is 162 Å². The molecule has 0 spiro atoms. The number of hydrogen-bond donors (Lipinski definition) is 3. The molecular formula is C18H23ClN6O2. The zero-order valence-electron chi connectivity index (χ0n) is 15.1. The molecule has 0 aromatic carbocycles. The van der Waals surface area contributed by atoms with Gasteiger partial charge in [-0.25, -0.2) is 4.98 Å². The van der Waals surface area contributed by atoms with E-state index in [1.165, 1.54) is 6.20 Å². The Kier molecular flexibility index (Phi) is 5.76. The molecule has 3 heterocycles. The van der Waals surface area contributed by atoms with Crippen molar-refractivity contribution in [1.29, 1.82) is 0 Å². The van der Waals surface area contributed by atoms with E-state index in [9.17, 15) is 9.59 Å². The third-order valence-corrected chi connectivity index (χ3v) is 5.00. The smallest absolute Gasteiger partial charge is 0.252 e. The summed E-state index contributed by atoms with van der Waals surface area (Å²) in [5.74, 6) is -0.370. The lowest BCUT2D eigenvalue weighted by atomic mass is 9.94. The van der Waals surface area contributed by atoms with Crippen LogP contribution >= 0.6 is 11.6 Å². The number of rotatable bonds is 6. The van der Waals surface area contributed by atoms with E-state index >= 15 is 0 Å². The molecule has 0 fully saturated rings. The molecule has 2 aromatic heterocycles. The van der Waals surface area contributed by atoms with Gasteiger partial charge in [0, 0.05) is 31.2 Å². The van der Waals surface area contributed by atoms with Gasteiger partial charge in [-0.1, -0.05) is 11.6 Å². The number of fused-ring (bicyclic) bond motifs is 1. The molecule has 1 aliphatic rings. The topological polar surface area (TPSA) is 129 Å². The SMILES string of the molecule is Cc1cc(C(N)CC(=O)NCC2CCn3ncc(C(N)=O)c3C2)cc(Cl)n1. The number of carbonyl (C=O) groups is 2. The van der Waals surface area contributed by atoms with Crippen LogP contribution < -0.4 is 16.8 Å². The monoisotopic (exact) mass is 390 g/mol. The van der Waals surface area contributed by atoms with Crippen molar-refractivity contribution in [3.05, 3.63) is 46.0 Å². The molecule has 3 rings (SSSR count). The highest BCUT2D eigenvalue weighted by Gasteiger charge is 2.24. The van der Waals surface area contributed by atoms with E-state index in [0.717, 1.165) is 23.4 Å². The molecule has 9 heteroatoms. The maximum Gasteiger partial charge on any atom is 0.252 e. The third-order valence-electron chi connectivity index (χ3n) is 4.81. The van der Waals surface area contributed by atoms with Gasteiger partial charge >= 0.3 is 0 Å². The molecule has 0 radical (unpaired) electrons. The molecule has 2 unspecified atom stereocenters. The summed E-state index contributed by atoms with van der Waals surface area (Å²) in [6.07, 6.45) is 3.21. The first-order valence-corrected chi connectivity index (χ1v) is 9.22. The largest absolute Gasteiger partial charge is 0.365 e. The standard InChI is InChI=1S/C18H23ClN6O2/c1-10-4-12(6-16(19)24-10)14(20)7-17(26)22-8-11-2-3-25-15(5-11)13(9-23-25)18(21)27/h4,6,9,11,14H,2-3,5,7-8,20H2,1H3,(H2,21,27)(H,22,26). The van der Waals surface area contributed by atoms with Crippen molar-refractivity contribution < 1.29 is 9.59 Å². The minimum atomic E-state index is -0.474. The van der Waals surface area contributed by atoms with Crippen LogP contribution in [-0.2, 0) is 17.8 Å². The second kappa shape index (κ2) is 8.06. The number of pyridine rings is 1. The van der Waals surface area contributed by atoms with Gasteiger partial charge in [0.05, 0.1) is 17.5 Å². The maximum absolute atomic E-state index is 12.3. The first kappa shape index (κ1) is 19.3. The normalized spacial score (nSPS) is 17.2. The van der Waals surface area contributed by atoms with E-state index in [1.807, 2.05) is 17.7 Å². The van der Waals surface area contributed by atoms with Crippen LogP contribution in [-0.4, -0.2) is 33.1 Å². The van der Waals surface area contributed by atoms with Gasteiger partial charge in [0.15, 0.2) is 0 Å². The number of nitrogens with zero attached hydrogens (tertiary/aromatic N) is 3. The van der Waals surface area contributed by atoms with Gasteiger partial charge in [0.2, 0.25) is 5.91 Å². The van der Waals surface area contributed by atoms with E-state index in [0.29, 0.717) is 30.2 Å². The molecular weight excluding hydrogens is 368 g/mol. The Morgan fingerprint density at radius 2 is 2.22 bits per heavy atom. The summed E-state index contributed by atoms with van der Waals surface area (Å²) in [5, 5.41) is 7.50. The van der Waals surface area contributed by atoms with Crippen molar-refractivity contribution in [3.63, 3.8) is 0 Å². The average Bonchev–Trinajstić information content (AvgIpc) is 3.02. The minimum absolute atomic E-state index is 0.123. The zero-order chi connectivity index (χ0) is 19.6. The Morgan fingerprint density at radius 3 is 2.93 bits per heavy atom. The molecule has 27 heavy (non-hydrogen) atoms. The third kappa shape index (κ3) is 4.64. The van der Waals surface area contributed by atoms with Gasteiger partial charge in [-0.15, -0.1) is 0 Å². The summed E-state index contributed by atoms with van der Waals surface area (Å²) in [5.41, 5.74) is 14.4. The van der Waals surface area contributed by atoms with Crippen LogP contribution in [0.2, 0.25) is 5.15 Å². The van der Waals surface area contributed by atoms with Crippen molar-refractivity contribution in [3.8, 4) is 0 Å². The highest BCUT2D eigenvalue weighted by molar-refractivity contribution is 6.29. The van der Waals surface area contributed by atoms with Gasteiger partial charge in [-0.05, 0) is 43.4 Å². The highest BCUT2D eigenvalue weighted by atomic mass is 35.5. The van der Waals surface area contributed by atoms with Crippen LogP contribution in [0, 0.1) is 12.8 Å². The zero-order valence-corrected chi connectivity index (χ0v) is 15.9. The number of aryl methyl sites for hydroxylation is 2. The number of carbonyl (C=O) groups excluding carboxylic acids is 2. The van der Waals surface area contributed by atoms with Crippen molar-refractivity contribution >= 4 is 23.4 Å². The van der Waals surface area contributed by atoms with Crippen molar-refractivity contribution in [2.45, 2.75) is 38.8 Å². The van der Waals surface area contributed by atoms with Gasteiger partial charge in [0.25, 0.3) is 5.91 Å². The second-order valence-corrected chi connectivity index (χ2v) is 7.32. The molecule has 2 amide bonds.